The van der Waals surface area contributed by atoms with Gasteiger partial charge in [0.1, 0.15) is 11.3 Å². The summed E-state index contributed by atoms with van der Waals surface area (Å²) < 4.78 is 1.57. The third-order valence-electron chi connectivity index (χ3n) is 3.24. The van der Waals surface area contributed by atoms with Gasteiger partial charge in [-0.2, -0.15) is 0 Å². The minimum absolute atomic E-state index is 0.0992. The molecule has 0 aliphatic rings. The van der Waals surface area contributed by atoms with Crippen LogP contribution in [0, 0.1) is 0 Å². The van der Waals surface area contributed by atoms with Gasteiger partial charge in [0.25, 0.3) is 5.56 Å². The van der Waals surface area contributed by atoms with Gasteiger partial charge in [0.05, 0.1) is 11.2 Å². The van der Waals surface area contributed by atoms with E-state index < -0.39 is 0 Å². The van der Waals surface area contributed by atoms with Crippen molar-refractivity contribution < 1.29 is 5.11 Å². The molecule has 5 N–H and O–H groups in total. The highest BCUT2D eigenvalue weighted by atomic mass is 16.3. The summed E-state index contributed by atoms with van der Waals surface area (Å²) in [5.41, 5.74) is 6.13. The van der Waals surface area contributed by atoms with Crippen molar-refractivity contribution in [2.45, 2.75) is 20.4 Å². The van der Waals surface area contributed by atoms with Gasteiger partial charge in [0, 0.05) is 11.9 Å². The molecule has 110 valence electrons. The standard InChI is InChI=1S/C14H17N5O2/c1-3-19-10-7-5-4-6-9(10)12(20)11(13(19)21)8(2)17-14(15)18-16/h4-7,20H,3,16H2,1-2H3,(H2,15,18)/b17-8+. The van der Waals surface area contributed by atoms with Crippen LogP contribution in [-0.2, 0) is 6.54 Å². The number of hydrogen-bond acceptors (Lipinski definition) is 4. The number of pyridine rings is 1. The number of rotatable bonds is 2. The van der Waals surface area contributed by atoms with E-state index in [1.165, 1.54) is 0 Å². The minimum atomic E-state index is -0.334. The van der Waals surface area contributed by atoms with Crippen molar-refractivity contribution in [3.05, 3.63) is 40.2 Å². The lowest BCUT2D eigenvalue weighted by molar-refractivity contribution is 0.477. The molecule has 0 saturated carbocycles. The van der Waals surface area contributed by atoms with Gasteiger partial charge in [-0.25, -0.2) is 4.99 Å². The predicted octanol–water partition coefficient (Wildman–Crippen LogP) is 0.724. The van der Waals surface area contributed by atoms with Gasteiger partial charge in [-0.1, -0.05) is 12.1 Å². The highest BCUT2D eigenvalue weighted by Gasteiger charge is 2.17. The number of para-hydroxylation sites is 1. The maximum absolute atomic E-state index is 12.6. The van der Waals surface area contributed by atoms with Crippen molar-refractivity contribution in [3.8, 4) is 5.75 Å². The largest absolute Gasteiger partial charge is 0.506 e. The van der Waals surface area contributed by atoms with Crippen molar-refractivity contribution in [3.63, 3.8) is 0 Å². The van der Waals surface area contributed by atoms with Gasteiger partial charge < -0.3 is 21.2 Å². The summed E-state index contributed by atoms with van der Waals surface area (Å²) in [6, 6.07) is 7.13. The first-order valence-electron chi connectivity index (χ1n) is 6.44. The third-order valence-corrected chi connectivity index (χ3v) is 3.24. The Morgan fingerprint density at radius 3 is 2.67 bits per heavy atom. The lowest BCUT2D eigenvalue weighted by Crippen LogP contribution is -2.27. The van der Waals surface area contributed by atoms with Crippen molar-refractivity contribution >= 4 is 22.6 Å². The average Bonchev–Trinajstić information content (AvgIpc) is 2.47. The Morgan fingerprint density at radius 2 is 2.05 bits per heavy atom. The average molecular weight is 287 g/mol. The molecular formula is C14H17N5O2. The molecule has 2 aromatic rings. The zero-order chi connectivity index (χ0) is 15.6. The molecule has 0 fully saturated rings. The number of guanidine groups is 1. The Labute approximate surface area is 121 Å². The van der Waals surface area contributed by atoms with E-state index in [4.69, 9.17) is 11.6 Å². The number of aromatic nitrogens is 1. The zero-order valence-electron chi connectivity index (χ0n) is 11.9. The van der Waals surface area contributed by atoms with Crippen molar-refractivity contribution in [1.82, 2.24) is 4.57 Å². The van der Waals surface area contributed by atoms with Crippen molar-refractivity contribution in [1.29, 1.82) is 0 Å². The number of aromatic hydroxyl groups is 1. The van der Waals surface area contributed by atoms with E-state index in [1.54, 1.807) is 29.7 Å². The Morgan fingerprint density at radius 1 is 1.38 bits per heavy atom. The third kappa shape index (κ3) is 2.45. The van der Waals surface area contributed by atoms with E-state index in [2.05, 4.69) is 10.1 Å². The Kier molecular flexibility index (Phi) is 3.93. The molecule has 0 spiro atoms. The van der Waals surface area contributed by atoms with E-state index in [-0.39, 0.29) is 28.5 Å². The van der Waals surface area contributed by atoms with Gasteiger partial charge in [0.15, 0.2) is 0 Å². The fourth-order valence-electron chi connectivity index (χ4n) is 2.29. The maximum Gasteiger partial charge on any atom is 0.263 e. The van der Waals surface area contributed by atoms with Crippen LogP contribution in [0.2, 0.25) is 0 Å². The number of hydrogen-bond donors (Lipinski definition) is 3. The normalized spacial score (nSPS) is 12.9. The van der Waals surface area contributed by atoms with E-state index in [9.17, 15) is 9.90 Å². The number of benzene rings is 1. The molecule has 7 heteroatoms. The molecular weight excluding hydrogens is 270 g/mol. The highest BCUT2D eigenvalue weighted by molar-refractivity contribution is 6.09. The number of aryl methyl sites for hydroxylation is 1. The second-order valence-corrected chi connectivity index (χ2v) is 4.47. The molecule has 7 nitrogen and oxygen atoms in total. The second kappa shape index (κ2) is 5.66. The van der Waals surface area contributed by atoms with Gasteiger partial charge in [-0.05, 0) is 26.0 Å². The number of fused-ring (bicyclic) bond motifs is 1. The van der Waals surface area contributed by atoms with Crippen molar-refractivity contribution in [2.24, 2.45) is 21.7 Å². The number of nitrogens with zero attached hydrogens (tertiary/aromatic N) is 3. The van der Waals surface area contributed by atoms with Gasteiger partial charge in [0.2, 0.25) is 5.96 Å². The molecule has 0 bridgehead atoms. The molecule has 0 amide bonds. The number of aliphatic imine (C=N–C) groups is 1. The van der Waals surface area contributed by atoms with Gasteiger partial charge in [-0.3, -0.25) is 4.79 Å². The molecule has 1 heterocycles. The monoisotopic (exact) mass is 287 g/mol. The van der Waals surface area contributed by atoms with Crippen LogP contribution in [0.1, 0.15) is 19.4 Å². The molecule has 21 heavy (non-hydrogen) atoms. The Bertz CT molecular complexity index is 805. The lowest BCUT2D eigenvalue weighted by atomic mass is 10.1. The van der Waals surface area contributed by atoms with Crippen LogP contribution < -0.4 is 17.1 Å². The molecule has 0 unspecified atom stereocenters. The van der Waals surface area contributed by atoms with Crippen LogP contribution >= 0.6 is 0 Å². The van der Waals surface area contributed by atoms with Crippen molar-refractivity contribution in [2.75, 3.05) is 0 Å². The first kappa shape index (κ1) is 14.6. The first-order valence-corrected chi connectivity index (χ1v) is 6.44. The smallest absolute Gasteiger partial charge is 0.263 e. The maximum atomic E-state index is 12.6. The molecule has 0 saturated heterocycles. The van der Waals surface area contributed by atoms with Crippen LogP contribution in [0.15, 0.2) is 39.2 Å². The topological polar surface area (TPSA) is 119 Å². The summed E-state index contributed by atoms with van der Waals surface area (Å²) in [5.74, 6) is 4.75. The van der Waals surface area contributed by atoms with E-state index in [1.807, 2.05) is 13.0 Å². The van der Waals surface area contributed by atoms with Gasteiger partial charge in [-0.15, -0.1) is 5.10 Å². The fourth-order valence-corrected chi connectivity index (χ4v) is 2.29. The molecule has 1 aromatic heterocycles. The Hall–Kier alpha value is -2.83. The van der Waals surface area contributed by atoms with Crippen LogP contribution in [-0.4, -0.2) is 21.3 Å². The minimum Gasteiger partial charge on any atom is -0.506 e. The molecule has 0 aliphatic carbocycles. The predicted molar refractivity (Wildman–Crippen MR) is 83.6 cm³/mol. The molecule has 0 aliphatic heterocycles. The number of hydrazone groups is 1. The van der Waals surface area contributed by atoms with E-state index >= 15 is 0 Å². The highest BCUT2D eigenvalue weighted by Crippen LogP contribution is 2.26. The van der Waals surface area contributed by atoms with E-state index in [0.29, 0.717) is 17.4 Å². The molecule has 2 rings (SSSR count). The van der Waals surface area contributed by atoms with Crippen LogP contribution in [0.4, 0.5) is 0 Å². The molecule has 0 radical (unpaired) electrons. The zero-order valence-corrected chi connectivity index (χ0v) is 11.9. The fraction of sp³-hybridized carbons (Fsp3) is 0.214. The lowest BCUT2D eigenvalue weighted by Gasteiger charge is -2.13. The summed E-state index contributed by atoms with van der Waals surface area (Å²) in [6.45, 7) is 3.90. The number of nitrogens with two attached hydrogens (primary N) is 2. The van der Waals surface area contributed by atoms with Crippen LogP contribution in [0.25, 0.3) is 10.9 Å². The summed E-state index contributed by atoms with van der Waals surface area (Å²) in [4.78, 5) is 16.5. The van der Waals surface area contributed by atoms with Crippen LogP contribution in [0.3, 0.4) is 0 Å². The Balaban J connectivity index is 2.88. The first-order chi connectivity index (χ1) is 10.0. The second-order valence-electron chi connectivity index (χ2n) is 4.47. The summed E-state index contributed by atoms with van der Waals surface area (Å²) in [7, 11) is 0. The van der Waals surface area contributed by atoms with E-state index in [0.717, 1.165) is 0 Å². The summed E-state index contributed by atoms with van der Waals surface area (Å²) in [5, 5.41) is 14.2. The molecule has 0 atom stereocenters. The van der Waals surface area contributed by atoms with Gasteiger partial charge >= 0.3 is 0 Å². The van der Waals surface area contributed by atoms with Crippen LogP contribution in [0.5, 0.6) is 5.75 Å². The SMILES string of the molecule is CCn1c(=O)c(/C(C)=N/C(N)=N/N)c(O)c2ccccc21. The summed E-state index contributed by atoms with van der Waals surface area (Å²) in [6.07, 6.45) is 0. The quantitative estimate of drug-likeness (QED) is 0.326. The summed E-state index contributed by atoms with van der Waals surface area (Å²) >= 11 is 0. The molecule has 1 aromatic carbocycles.